The van der Waals surface area contributed by atoms with Gasteiger partial charge in [-0.05, 0) is 50.5 Å². The van der Waals surface area contributed by atoms with Gasteiger partial charge in [0.1, 0.15) is 11.5 Å². The molecule has 114 valence electrons. The second-order valence-electron chi connectivity index (χ2n) is 5.12. The Labute approximate surface area is 126 Å². The molecule has 1 aromatic carbocycles. The molecule has 1 atom stereocenters. The molecule has 0 fully saturated rings. The quantitative estimate of drug-likeness (QED) is 0.657. The molecule has 0 spiro atoms. The van der Waals surface area contributed by atoms with Gasteiger partial charge >= 0.3 is 6.18 Å². The molecule has 2 aromatic rings. The monoisotopic (exact) mass is 316 g/mol. The Balaban J connectivity index is 2.18. The van der Waals surface area contributed by atoms with E-state index in [0.717, 1.165) is 40.3 Å². The summed E-state index contributed by atoms with van der Waals surface area (Å²) < 4.78 is 43.1. The van der Waals surface area contributed by atoms with Crippen molar-refractivity contribution in [2.45, 2.75) is 38.7 Å². The zero-order valence-corrected chi connectivity index (χ0v) is 12.8. The smallest absolute Gasteiger partial charge is 0.416 e. The molecule has 0 N–H and O–H groups in total. The van der Waals surface area contributed by atoms with Gasteiger partial charge in [-0.15, -0.1) is 11.6 Å². The van der Waals surface area contributed by atoms with Gasteiger partial charge in [0.05, 0.1) is 10.9 Å². The van der Waals surface area contributed by atoms with E-state index in [2.05, 4.69) is 0 Å². The maximum Gasteiger partial charge on any atom is 0.416 e. The number of alkyl halides is 4. The van der Waals surface area contributed by atoms with Crippen molar-refractivity contribution >= 4 is 11.6 Å². The van der Waals surface area contributed by atoms with Crippen LogP contribution >= 0.6 is 11.6 Å². The van der Waals surface area contributed by atoms with Crippen molar-refractivity contribution in [1.82, 2.24) is 0 Å². The van der Waals surface area contributed by atoms with Gasteiger partial charge in [0, 0.05) is 5.56 Å². The fraction of sp³-hybridized carbons (Fsp3) is 0.375. The van der Waals surface area contributed by atoms with Crippen molar-refractivity contribution < 1.29 is 17.6 Å². The van der Waals surface area contributed by atoms with Crippen molar-refractivity contribution in [3.63, 3.8) is 0 Å². The van der Waals surface area contributed by atoms with Gasteiger partial charge < -0.3 is 4.42 Å². The lowest BCUT2D eigenvalue weighted by atomic mass is 10.00. The summed E-state index contributed by atoms with van der Waals surface area (Å²) in [5.41, 5.74) is 2.04. The second kappa shape index (κ2) is 5.76. The molecule has 0 saturated carbocycles. The standard InChI is InChI=1S/C16H16ClF3O/c1-9-10(2)21-11(3)15(9)14(17)8-12-4-6-13(7-5-12)16(18,19)20/h4-7,14H,8H2,1-3H3. The number of aryl methyl sites for hydroxylation is 2. The lowest BCUT2D eigenvalue weighted by Crippen LogP contribution is -2.05. The average molecular weight is 317 g/mol. The number of halogens is 4. The molecular formula is C16H16ClF3O. The summed E-state index contributed by atoms with van der Waals surface area (Å²) in [6.07, 6.45) is -3.85. The maximum absolute atomic E-state index is 12.5. The molecule has 0 bridgehead atoms. The maximum atomic E-state index is 12.5. The molecule has 0 amide bonds. The van der Waals surface area contributed by atoms with Crippen molar-refractivity contribution in [2.75, 3.05) is 0 Å². The van der Waals surface area contributed by atoms with Crippen LogP contribution in [0.4, 0.5) is 13.2 Å². The van der Waals surface area contributed by atoms with Gasteiger partial charge in [0.25, 0.3) is 0 Å². The number of furan rings is 1. The first-order valence-electron chi connectivity index (χ1n) is 6.57. The fourth-order valence-electron chi connectivity index (χ4n) is 2.41. The minimum atomic E-state index is -4.31. The first kappa shape index (κ1) is 16.0. The number of benzene rings is 1. The van der Waals surface area contributed by atoms with Gasteiger partial charge in [0.2, 0.25) is 0 Å². The predicted octanol–water partition coefficient (Wildman–Crippen LogP) is 5.75. The van der Waals surface area contributed by atoms with Gasteiger partial charge in [-0.1, -0.05) is 12.1 Å². The first-order chi connectivity index (χ1) is 9.70. The topological polar surface area (TPSA) is 13.1 Å². The Morgan fingerprint density at radius 3 is 2.05 bits per heavy atom. The number of rotatable bonds is 3. The molecule has 2 rings (SSSR count). The third-order valence-electron chi connectivity index (χ3n) is 3.63. The van der Waals surface area contributed by atoms with Crippen LogP contribution in [0.15, 0.2) is 28.7 Å². The molecule has 0 radical (unpaired) electrons. The van der Waals surface area contributed by atoms with E-state index in [9.17, 15) is 13.2 Å². The van der Waals surface area contributed by atoms with Crippen LogP contribution in [0.2, 0.25) is 0 Å². The van der Waals surface area contributed by atoms with Crippen LogP contribution < -0.4 is 0 Å². The normalized spacial score (nSPS) is 13.5. The summed E-state index contributed by atoms with van der Waals surface area (Å²) in [5.74, 6) is 1.58. The molecule has 21 heavy (non-hydrogen) atoms. The summed E-state index contributed by atoms with van der Waals surface area (Å²) in [6, 6.07) is 5.10. The lowest BCUT2D eigenvalue weighted by molar-refractivity contribution is -0.137. The second-order valence-corrected chi connectivity index (χ2v) is 5.65. The van der Waals surface area contributed by atoms with E-state index in [4.69, 9.17) is 16.0 Å². The summed E-state index contributed by atoms with van der Waals surface area (Å²) >= 11 is 6.41. The fourth-order valence-corrected chi connectivity index (χ4v) is 2.90. The average Bonchev–Trinajstić information content (AvgIpc) is 2.62. The van der Waals surface area contributed by atoms with Crippen molar-refractivity contribution in [2.24, 2.45) is 0 Å². The van der Waals surface area contributed by atoms with E-state index in [1.807, 2.05) is 20.8 Å². The zero-order valence-electron chi connectivity index (χ0n) is 12.0. The molecular weight excluding hydrogens is 301 g/mol. The highest BCUT2D eigenvalue weighted by atomic mass is 35.5. The highest BCUT2D eigenvalue weighted by Gasteiger charge is 2.30. The van der Waals surface area contributed by atoms with Crippen LogP contribution in [0.5, 0.6) is 0 Å². The highest BCUT2D eigenvalue weighted by molar-refractivity contribution is 6.21. The molecule has 1 heterocycles. The largest absolute Gasteiger partial charge is 0.466 e. The summed E-state index contributed by atoms with van der Waals surface area (Å²) in [6.45, 7) is 5.65. The number of hydrogen-bond acceptors (Lipinski definition) is 1. The Kier molecular flexibility index (Phi) is 4.38. The van der Waals surface area contributed by atoms with Crippen molar-refractivity contribution in [3.05, 3.63) is 58.0 Å². The summed E-state index contributed by atoms with van der Waals surface area (Å²) in [4.78, 5) is 0. The lowest BCUT2D eigenvalue weighted by Gasteiger charge is -2.12. The molecule has 5 heteroatoms. The predicted molar refractivity (Wildman–Crippen MR) is 76.7 cm³/mol. The molecule has 0 aliphatic heterocycles. The van der Waals surface area contributed by atoms with Crippen LogP contribution in [-0.2, 0) is 12.6 Å². The SMILES string of the molecule is Cc1oc(C)c(C(Cl)Cc2ccc(C(F)(F)F)cc2)c1C. The van der Waals surface area contributed by atoms with E-state index < -0.39 is 11.7 Å². The Morgan fingerprint density at radius 1 is 1.05 bits per heavy atom. The number of hydrogen-bond donors (Lipinski definition) is 0. The van der Waals surface area contributed by atoms with Gasteiger partial charge in [0.15, 0.2) is 0 Å². The van der Waals surface area contributed by atoms with Crippen LogP contribution in [0.3, 0.4) is 0 Å². The van der Waals surface area contributed by atoms with E-state index in [1.54, 1.807) is 0 Å². The van der Waals surface area contributed by atoms with E-state index in [-0.39, 0.29) is 5.38 Å². The molecule has 0 saturated heterocycles. The third-order valence-corrected chi connectivity index (χ3v) is 4.00. The van der Waals surface area contributed by atoms with Gasteiger partial charge in [-0.3, -0.25) is 0 Å². The van der Waals surface area contributed by atoms with Crippen LogP contribution in [0.1, 0.15) is 39.2 Å². The van der Waals surface area contributed by atoms with Gasteiger partial charge in [-0.2, -0.15) is 13.2 Å². The summed E-state index contributed by atoms with van der Waals surface area (Å²) in [5, 5.41) is -0.320. The van der Waals surface area contributed by atoms with Crippen molar-refractivity contribution in [1.29, 1.82) is 0 Å². The third kappa shape index (κ3) is 3.43. The highest BCUT2D eigenvalue weighted by Crippen LogP contribution is 2.34. The zero-order chi connectivity index (χ0) is 15.8. The van der Waals surface area contributed by atoms with Crippen LogP contribution in [0.25, 0.3) is 0 Å². The molecule has 0 aliphatic carbocycles. The van der Waals surface area contributed by atoms with E-state index in [1.165, 1.54) is 12.1 Å². The van der Waals surface area contributed by atoms with E-state index in [0.29, 0.717) is 6.42 Å². The first-order valence-corrected chi connectivity index (χ1v) is 7.00. The molecule has 0 aliphatic rings. The van der Waals surface area contributed by atoms with E-state index >= 15 is 0 Å². The molecule has 1 unspecified atom stereocenters. The van der Waals surface area contributed by atoms with Crippen molar-refractivity contribution in [3.8, 4) is 0 Å². The molecule has 1 nitrogen and oxygen atoms in total. The Morgan fingerprint density at radius 2 is 1.62 bits per heavy atom. The Hall–Kier alpha value is -1.42. The van der Waals surface area contributed by atoms with Crippen LogP contribution in [0, 0.1) is 20.8 Å². The van der Waals surface area contributed by atoms with Crippen LogP contribution in [-0.4, -0.2) is 0 Å². The van der Waals surface area contributed by atoms with Gasteiger partial charge in [-0.25, -0.2) is 0 Å². The summed E-state index contributed by atoms with van der Waals surface area (Å²) in [7, 11) is 0. The minimum absolute atomic E-state index is 0.320. The Bertz CT molecular complexity index is 626. The minimum Gasteiger partial charge on any atom is -0.466 e. The molecule has 1 aromatic heterocycles.